The van der Waals surface area contributed by atoms with Crippen LogP contribution in [0, 0.1) is 0 Å². The van der Waals surface area contributed by atoms with Crippen LogP contribution in [-0.4, -0.2) is 22.5 Å². The van der Waals surface area contributed by atoms with Crippen LogP contribution in [-0.2, 0) is 5.41 Å². The van der Waals surface area contributed by atoms with Gasteiger partial charge in [0.15, 0.2) is 11.7 Å². The van der Waals surface area contributed by atoms with Gasteiger partial charge in [-0.3, -0.25) is 0 Å². The van der Waals surface area contributed by atoms with Crippen molar-refractivity contribution in [1.29, 1.82) is 0 Å². The number of amidine groups is 1. The van der Waals surface area contributed by atoms with Crippen LogP contribution in [0.2, 0.25) is 0 Å². The van der Waals surface area contributed by atoms with Gasteiger partial charge in [-0.1, -0.05) is 212 Å². The predicted molar refractivity (Wildman–Crippen MR) is 251 cm³/mol. The van der Waals surface area contributed by atoms with Gasteiger partial charge in [0.25, 0.3) is 0 Å². The second kappa shape index (κ2) is 14.9. The summed E-state index contributed by atoms with van der Waals surface area (Å²) in [6, 6.07) is 76.6. The molecule has 0 unspecified atom stereocenters. The van der Waals surface area contributed by atoms with Crippen molar-refractivity contribution in [1.82, 2.24) is 9.97 Å². The molecule has 0 bridgehead atoms. The van der Waals surface area contributed by atoms with Crippen molar-refractivity contribution < 1.29 is 0 Å². The molecule has 1 heterocycles. The monoisotopic (exact) mass is 778 g/mol. The van der Waals surface area contributed by atoms with Crippen molar-refractivity contribution in [3.05, 3.63) is 252 Å². The zero-order valence-electron chi connectivity index (χ0n) is 33.3. The van der Waals surface area contributed by atoms with E-state index in [1.54, 1.807) is 0 Å². The maximum absolute atomic E-state index is 5.49. The molecule has 0 amide bonds. The van der Waals surface area contributed by atoms with Gasteiger partial charge in [-0.2, -0.15) is 0 Å². The van der Waals surface area contributed by atoms with Crippen molar-refractivity contribution in [2.45, 2.75) is 5.41 Å². The normalized spacial score (nSPS) is 13.5. The molecule has 9 aromatic rings. The Balaban J connectivity index is 0.982. The largest absolute Gasteiger partial charge is 0.245 e. The molecule has 61 heavy (non-hydrogen) atoms. The third kappa shape index (κ3) is 5.99. The first kappa shape index (κ1) is 36.0. The minimum atomic E-state index is -0.551. The molecule has 0 saturated carbocycles. The van der Waals surface area contributed by atoms with E-state index in [2.05, 4.69) is 194 Å². The molecule has 0 saturated heterocycles. The van der Waals surface area contributed by atoms with Crippen molar-refractivity contribution in [2.75, 3.05) is 0 Å². The molecular formula is C57H38N4. The highest BCUT2D eigenvalue weighted by atomic mass is 14.9. The first-order valence-electron chi connectivity index (χ1n) is 20.6. The Kier molecular flexibility index (Phi) is 8.83. The van der Waals surface area contributed by atoms with Crippen LogP contribution in [0.25, 0.3) is 67.4 Å². The molecule has 4 nitrogen and oxygen atoms in total. The first-order chi connectivity index (χ1) is 30.2. The summed E-state index contributed by atoms with van der Waals surface area (Å²) in [4.78, 5) is 20.1. The summed E-state index contributed by atoms with van der Waals surface area (Å²) in [6.07, 6.45) is 0. The van der Waals surface area contributed by atoms with Crippen molar-refractivity contribution >= 4 is 23.8 Å². The number of hydrogen-bond acceptors (Lipinski definition) is 3. The summed E-state index contributed by atoms with van der Waals surface area (Å²) in [5, 5.41) is 0. The summed E-state index contributed by atoms with van der Waals surface area (Å²) >= 11 is 0. The first-order valence-corrected chi connectivity index (χ1v) is 20.6. The van der Waals surface area contributed by atoms with Gasteiger partial charge < -0.3 is 0 Å². The van der Waals surface area contributed by atoms with Crippen LogP contribution in [0.15, 0.2) is 228 Å². The zero-order chi connectivity index (χ0) is 40.8. The number of allylic oxidation sites excluding steroid dienone is 1. The molecule has 8 aromatic carbocycles. The van der Waals surface area contributed by atoms with Gasteiger partial charge in [-0.15, -0.1) is 0 Å². The number of nitrogens with zero attached hydrogens (tertiary/aromatic N) is 4. The molecule has 0 N–H and O–H groups in total. The third-order valence-corrected chi connectivity index (χ3v) is 12.1. The maximum atomic E-state index is 5.49. The minimum absolute atomic E-state index is 0.551. The lowest BCUT2D eigenvalue weighted by atomic mass is 9.68. The average molecular weight is 779 g/mol. The van der Waals surface area contributed by atoms with Gasteiger partial charge in [0.05, 0.1) is 22.5 Å². The number of benzene rings is 8. The Labute approximate surface area is 355 Å². The topological polar surface area (TPSA) is 50.5 Å². The van der Waals surface area contributed by atoms with E-state index >= 15 is 0 Å². The Bertz CT molecular complexity index is 3060. The summed E-state index contributed by atoms with van der Waals surface area (Å²) in [5.74, 6) is 1.27. The van der Waals surface area contributed by atoms with E-state index in [0.717, 1.165) is 67.2 Å². The molecular weight excluding hydrogens is 741 g/mol. The van der Waals surface area contributed by atoms with Crippen LogP contribution in [0.5, 0.6) is 0 Å². The van der Waals surface area contributed by atoms with Gasteiger partial charge >= 0.3 is 0 Å². The lowest BCUT2D eigenvalue weighted by Crippen LogP contribution is -2.26. The van der Waals surface area contributed by atoms with E-state index in [1.165, 1.54) is 27.8 Å². The Hall–Kier alpha value is -8.08. The smallest absolute Gasteiger partial charge is 0.160 e. The third-order valence-electron chi connectivity index (χ3n) is 12.1. The molecule has 2 aliphatic carbocycles. The highest BCUT2D eigenvalue weighted by Crippen LogP contribution is 2.64. The fourth-order valence-corrected chi connectivity index (χ4v) is 9.34. The lowest BCUT2D eigenvalue weighted by Gasteiger charge is -2.32. The Morgan fingerprint density at radius 1 is 0.393 bits per heavy atom. The minimum Gasteiger partial charge on any atom is -0.245 e. The van der Waals surface area contributed by atoms with E-state index in [-0.39, 0.29) is 0 Å². The number of aromatic nitrogens is 2. The summed E-state index contributed by atoms with van der Waals surface area (Å²) in [6.45, 7) is 4.05. The fourth-order valence-electron chi connectivity index (χ4n) is 9.34. The van der Waals surface area contributed by atoms with Crippen LogP contribution >= 0.6 is 0 Å². The highest BCUT2D eigenvalue weighted by Gasteiger charge is 2.53. The number of hydrogen-bond donors (Lipinski definition) is 0. The second-order valence-electron chi connectivity index (χ2n) is 15.4. The molecule has 1 aromatic heterocycles. The van der Waals surface area contributed by atoms with Crippen molar-refractivity contribution in [3.8, 4) is 56.2 Å². The quantitative estimate of drug-likeness (QED) is 0.119. The van der Waals surface area contributed by atoms with E-state index < -0.39 is 5.41 Å². The Morgan fingerprint density at radius 2 is 0.803 bits per heavy atom. The highest BCUT2D eigenvalue weighted by molar-refractivity contribution is 6.13. The molecule has 11 rings (SSSR count). The van der Waals surface area contributed by atoms with Gasteiger partial charge in [-0.05, 0) is 57.3 Å². The predicted octanol–water partition coefficient (Wildman–Crippen LogP) is 13.5. The fraction of sp³-hybridized carbons (Fsp3) is 0.0175. The van der Waals surface area contributed by atoms with Gasteiger partial charge in [0.1, 0.15) is 0 Å². The van der Waals surface area contributed by atoms with Crippen LogP contribution < -0.4 is 0 Å². The van der Waals surface area contributed by atoms with E-state index in [0.29, 0.717) is 11.7 Å². The van der Waals surface area contributed by atoms with Gasteiger partial charge in [0, 0.05) is 33.4 Å². The summed E-state index contributed by atoms with van der Waals surface area (Å²) in [7, 11) is 0. The van der Waals surface area contributed by atoms with Crippen molar-refractivity contribution in [3.63, 3.8) is 0 Å². The van der Waals surface area contributed by atoms with Gasteiger partial charge in [0.2, 0.25) is 0 Å². The molecule has 2 aliphatic rings. The van der Waals surface area contributed by atoms with Gasteiger partial charge in [-0.25, -0.2) is 20.0 Å². The lowest BCUT2D eigenvalue weighted by molar-refractivity contribution is 0.842. The molecule has 0 atom stereocenters. The maximum Gasteiger partial charge on any atom is 0.160 e. The molecule has 1 spiro atoms. The summed E-state index contributed by atoms with van der Waals surface area (Å²) in [5.41, 5.74) is 17.9. The summed E-state index contributed by atoms with van der Waals surface area (Å²) < 4.78 is 0. The number of aliphatic imine (C=N–C) groups is 2. The van der Waals surface area contributed by atoms with E-state index in [9.17, 15) is 0 Å². The van der Waals surface area contributed by atoms with Crippen LogP contribution in [0.4, 0.5) is 0 Å². The zero-order valence-corrected chi connectivity index (χ0v) is 33.3. The SMILES string of the molecule is C=N/C(=N\C1=C(c2ccccc2)C2(c3ccccc31)c1ccccc1-c1ccccc12)c1ccc(-c2ccc(-c3cc(-c4ccccc4)nc(-c4ccccc4)n3)cc2)cc1. The van der Waals surface area contributed by atoms with Crippen molar-refractivity contribution in [2.24, 2.45) is 9.98 Å². The van der Waals surface area contributed by atoms with E-state index in [4.69, 9.17) is 15.0 Å². The molecule has 0 radical (unpaired) electrons. The Morgan fingerprint density at radius 3 is 1.34 bits per heavy atom. The standard InChI is InChI=1S/C57H38N4/c1-58-55(61-54-47-25-13-16-28-50(47)57(53(54)42-19-7-3-8-20-42)48-26-14-11-23-45(48)46-24-12-15-27-49(46)57)44-35-31-39(32-36-44)38-29-33-41(34-30-38)52-37-51(40-17-5-2-6-18-40)59-56(60-52)43-21-9-4-10-22-43/h2-37H,1H2/b61-55-. The average Bonchev–Trinajstić information content (AvgIpc) is 3.81. The van der Waals surface area contributed by atoms with Crippen LogP contribution in [0.1, 0.15) is 33.4 Å². The second-order valence-corrected chi connectivity index (χ2v) is 15.4. The number of rotatable bonds is 7. The molecule has 0 aliphatic heterocycles. The molecule has 4 heteroatoms. The number of fused-ring (bicyclic) bond motifs is 7. The van der Waals surface area contributed by atoms with Crippen LogP contribution in [0.3, 0.4) is 0 Å². The van der Waals surface area contributed by atoms with E-state index in [1.807, 2.05) is 36.4 Å². The molecule has 286 valence electrons. The molecule has 0 fully saturated rings.